The number of nitrogens with one attached hydrogen (secondary N) is 1. The van der Waals surface area contributed by atoms with E-state index in [1.807, 2.05) is 43.3 Å². The first kappa shape index (κ1) is 16.6. The topological polar surface area (TPSA) is 77.0 Å². The zero-order valence-electron chi connectivity index (χ0n) is 13.8. The summed E-state index contributed by atoms with van der Waals surface area (Å²) in [5, 5.41) is 2.82. The Morgan fingerprint density at radius 2 is 1.80 bits per heavy atom. The molecular weight excluding hydrogens is 316 g/mol. The average Bonchev–Trinajstić information content (AvgIpc) is 2.66. The van der Waals surface area contributed by atoms with Crippen molar-refractivity contribution in [3.63, 3.8) is 0 Å². The fraction of sp³-hybridized carbons (Fsp3) is 0.158. The monoisotopic (exact) mass is 334 g/mol. The van der Waals surface area contributed by atoms with E-state index in [2.05, 4.69) is 20.3 Å². The van der Waals surface area contributed by atoms with Gasteiger partial charge in [-0.25, -0.2) is 0 Å². The summed E-state index contributed by atoms with van der Waals surface area (Å²) < 4.78 is 5.55. The van der Waals surface area contributed by atoms with Crippen LogP contribution in [0.1, 0.15) is 11.3 Å². The molecule has 0 aliphatic carbocycles. The van der Waals surface area contributed by atoms with Crippen LogP contribution in [-0.2, 0) is 11.3 Å². The summed E-state index contributed by atoms with van der Waals surface area (Å²) in [6.45, 7) is 2.17. The number of rotatable bonds is 6. The van der Waals surface area contributed by atoms with Crippen molar-refractivity contribution in [2.75, 3.05) is 6.61 Å². The molecule has 0 atom stereocenters. The first-order valence-corrected chi connectivity index (χ1v) is 7.89. The molecule has 1 amide bonds. The maximum atomic E-state index is 12.1. The van der Waals surface area contributed by atoms with Crippen LogP contribution in [0, 0.1) is 6.92 Å². The van der Waals surface area contributed by atoms with Crippen LogP contribution in [0.2, 0.25) is 0 Å². The molecule has 2 heterocycles. The number of aromatic nitrogens is 3. The largest absolute Gasteiger partial charge is 0.484 e. The second-order valence-corrected chi connectivity index (χ2v) is 5.42. The summed E-state index contributed by atoms with van der Waals surface area (Å²) in [5.41, 5.74) is 3.32. The van der Waals surface area contributed by atoms with Crippen LogP contribution in [-0.4, -0.2) is 27.5 Å². The number of pyridine rings is 1. The van der Waals surface area contributed by atoms with Crippen molar-refractivity contribution in [1.29, 1.82) is 0 Å². The van der Waals surface area contributed by atoms with Gasteiger partial charge in [0.1, 0.15) is 5.75 Å². The standard InChI is InChI=1S/C19H18N4O2/c1-14-4-2-3-5-17(14)25-13-18(24)23-12-16-19(22-11-10-21-16)15-6-8-20-9-7-15/h2-11H,12-13H2,1H3,(H,23,24). The summed E-state index contributed by atoms with van der Waals surface area (Å²) >= 11 is 0. The summed E-state index contributed by atoms with van der Waals surface area (Å²) in [5.74, 6) is 0.490. The molecule has 0 aliphatic heterocycles. The van der Waals surface area contributed by atoms with Gasteiger partial charge in [0.25, 0.3) is 5.91 Å². The van der Waals surface area contributed by atoms with Crippen molar-refractivity contribution < 1.29 is 9.53 Å². The van der Waals surface area contributed by atoms with Gasteiger partial charge in [-0.3, -0.25) is 19.7 Å². The molecule has 3 aromatic rings. The summed E-state index contributed by atoms with van der Waals surface area (Å²) in [7, 11) is 0. The van der Waals surface area contributed by atoms with E-state index in [0.717, 1.165) is 16.8 Å². The lowest BCUT2D eigenvalue weighted by molar-refractivity contribution is -0.123. The van der Waals surface area contributed by atoms with Gasteiger partial charge in [0.2, 0.25) is 0 Å². The van der Waals surface area contributed by atoms with E-state index in [4.69, 9.17) is 4.74 Å². The molecular formula is C19H18N4O2. The highest BCUT2D eigenvalue weighted by Crippen LogP contribution is 2.18. The van der Waals surface area contributed by atoms with Crippen LogP contribution in [0.25, 0.3) is 11.3 Å². The molecule has 1 N–H and O–H groups in total. The van der Waals surface area contributed by atoms with Gasteiger partial charge in [-0.05, 0) is 30.7 Å². The number of amides is 1. The minimum absolute atomic E-state index is 0.0459. The van der Waals surface area contributed by atoms with E-state index in [1.165, 1.54) is 0 Å². The average molecular weight is 334 g/mol. The molecule has 6 nitrogen and oxygen atoms in total. The van der Waals surface area contributed by atoms with Crippen molar-refractivity contribution in [1.82, 2.24) is 20.3 Å². The van der Waals surface area contributed by atoms with E-state index < -0.39 is 0 Å². The van der Waals surface area contributed by atoms with Crippen LogP contribution in [0.3, 0.4) is 0 Å². The highest BCUT2D eigenvalue weighted by Gasteiger charge is 2.10. The predicted molar refractivity (Wildman–Crippen MR) is 93.8 cm³/mol. The number of carbonyl (C=O) groups is 1. The first-order valence-electron chi connectivity index (χ1n) is 7.89. The Morgan fingerprint density at radius 1 is 1.04 bits per heavy atom. The third-order valence-electron chi connectivity index (χ3n) is 3.63. The minimum atomic E-state index is -0.213. The third kappa shape index (κ3) is 4.38. The van der Waals surface area contributed by atoms with Gasteiger partial charge in [-0.2, -0.15) is 0 Å². The van der Waals surface area contributed by atoms with E-state index in [-0.39, 0.29) is 19.1 Å². The van der Waals surface area contributed by atoms with Gasteiger partial charge >= 0.3 is 0 Å². The Labute approximate surface area is 145 Å². The van der Waals surface area contributed by atoms with Crippen molar-refractivity contribution in [2.24, 2.45) is 0 Å². The lowest BCUT2D eigenvalue weighted by atomic mass is 10.1. The predicted octanol–water partition coefficient (Wildman–Crippen LogP) is 2.54. The molecule has 0 saturated heterocycles. The Hall–Kier alpha value is -3.28. The number of nitrogens with zero attached hydrogens (tertiary/aromatic N) is 3. The second-order valence-electron chi connectivity index (χ2n) is 5.42. The maximum Gasteiger partial charge on any atom is 0.258 e. The number of carbonyl (C=O) groups excluding carboxylic acids is 1. The van der Waals surface area contributed by atoms with Gasteiger partial charge in [-0.15, -0.1) is 0 Å². The quantitative estimate of drug-likeness (QED) is 0.749. The molecule has 6 heteroatoms. The molecule has 3 rings (SSSR count). The van der Waals surface area contributed by atoms with Crippen LogP contribution >= 0.6 is 0 Å². The van der Waals surface area contributed by atoms with Crippen molar-refractivity contribution >= 4 is 5.91 Å². The summed E-state index contributed by atoms with van der Waals surface area (Å²) in [4.78, 5) is 24.7. The van der Waals surface area contributed by atoms with Crippen LogP contribution in [0.4, 0.5) is 0 Å². The molecule has 0 radical (unpaired) electrons. The fourth-order valence-corrected chi connectivity index (χ4v) is 2.34. The Morgan fingerprint density at radius 3 is 2.60 bits per heavy atom. The molecule has 0 spiro atoms. The van der Waals surface area contributed by atoms with Gasteiger partial charge in [0.15, 0.2) is 6.61 Å². The first-order chi connectivity index (χ1) is 12.2. The molecule has 0 fully saturated rings. The fourth-order valence-electron chi connectivity index (χ4n) is 2.34. The van der Waals surface area contributed by atoms with E-state index >= 15 is 0 Å². The van der Waals surface area contributed by atoms with Crippen LogP contribution in [0.15, 0.2) is 61.2 Å². The molecule has 0 saturated carbocycles. The van der Waals surface area contributed by atoms with E-state index in [1.54, 1.807) is 24.8 Å². The minimum Gasteiger partial charge on any atom is -0.484 e. The van der Waals surface area contributed by atoms with Crippen LogP contribution < -0.4 is 10.1 Å². The summed E-state index contributed by atoms with van der Waals surface area (Å²) in [6, 6.07) is 11.3. The Kier molecular flexibility index (Phi) is 5.31. The van der Waals surface area contributed by atoms with Gasteiger partial charge in [-0.1, -0.05) is 18.2 Å². The smallest absolute Gasteiger partial charge is 0.258 e. The second kappa shape index (κ2) is 8.01. The van der Waals surface area contributed by atoms with Crippen molar-refractivity contribution in [3.8, 4) is 17.0 Å². The Bertz CT molecular complexity index is 853. The summed E-state index contributed by atoms with van der Waals surface area (Å²) in [6.07, 6.45) is 6.63. The normalized spacial score (nSPS) is 10.3. The number of ether oxygens (including phenoxy) is 1. The molecule has 0 unspecified atom stereocenters. The van der Waals surface area contributed by atoms with Gasteiger partial charge < -0.3 is 10.1 Å². The maximum absolute atomic E-state index is 12.1. The van der Waals surface area contributed by atoms with Gasteiger partial charge in [0.05, 0.1) is 17.9 Å². The van der Waals surface area contributed by atoms with Crippen LogP contribution in [0.5, 0.6) is 5.75 Å². The SMILES string of the molecule is Cc1ccccc1OCC(=O)NCc1nccnc1-c1ccncc1. The lowest BCUT2D eigenvalue weighted by Gasteiger charge is -2.10. The van der Waals surface area contributed by atoms with Crippen molar-refractivity contribution in [3.05, 3.63) is 72.4 Å². The molecule has 25 heavy (non-hydrogen) atoms. The number of benzene rings is 1. The number of para-hydroxylation sites is 1. The zero-order valence-corrected chi connectivity index (χ0v) is 13.8. The number of hydrogen-bond acceptors (Lipinski definition) is 5. The molecule has 0 aliphatic rings. The molecule has 126 valence electrons. The molecule has 1 aromatic carbocycles. The highest BCUT2D eigenvalue weighted by molar-refractivity contribution is 5.77. The van der Waals surface area contributed by atoms with Gasteiger partial charge in [0, 0.05) is 30.4 Å². The van der Waals surface area contributed by atoms with Crippen molar-refractivity contribution in [2.45, 2.75) is 13.5 Å². The van der Waals surface area contributed by atoms with E-state index in [0.29, 0.717) is 11.4 Å². The lowest BCUT2D eigenvalue weighted by Crippen LogP contribution is -2.29. The molecule has 2 aromatic heterocycles. The van der Waals surface area contributed by atoms with E-state index in [9.17, 15) is 4.79 Å². The third-order valence-corrected chi connectivity index (χ3v) is 3.63. The highest BCUT2D eigenvalue weighted by atomic mass is 16.5. The molecule has 0 bridgehead atoms. The zero-order chi connectivity index (χ0) is 17.5. The Balaban J connectivity index is 1.60. The number of hydrogen-bond donors (Lipinski definition) is 1. The number of aryl methyl sites for hydroxylation is 1.